The van der Waals surface area contributed by atoms with E-state index in [1.165, 1.54) is 55.7 Å². The second-order valence-corrected chi connectivity index (χ2v) is 11.4. The molecule has 0 nitrogen and oxygen atoms in total. The Bertz CT molecular complexity index is 1250. The Morgan fingerprint density at radius 2 is 1.44 bits per heavy atom. The third-order valence-electron chi connectivity index (χ3n) is 7.07. The van der Waals surface area contributed by atoms with E-state index in [0.29, 0.717) is 0 Å². The summed E-state index contributed by atoms with van der Waals surface area (Å²) in [6.07, 6.45) is 6.70. The smallest absolute Gasteiger partial charge is 0.000719 e. The normalized spacial score (nSPS) is 15.3. The van der Waals surface area contributed by atoms with Crippen LogP contribution >= 0.6 is 0 Å². The summed E-state index contributed by atoms with van der Waals surface area (Å²) >= 11 is 0. The fourth-order valence-corrected chi connectivity index (χ4v) is 5.34. The Morgan fingerprint density at radius 1 is 0.719 bits per heavy atom. The van der Waals surface area contributed by atoms with E-state index in [-0.39, 0.29) is 10.8 Å². The summed E-state index contributed by atoms with van der Waals surface area (Å²) in [7, 11) is 0. The van der Waals surface area contributed by atoms with E-state index < -0.39 is 0 Å². The summed E-state index contributed by atoms with van der Waals surface area (Å²) in [6, 6.07) is 22.8. The summed E-state index contributed by atoms with van der Waals surface area (Å²) < 4.78 is 0. The highest BCUT2D eigenvalue weighted by Crippen LogP contribution is 2.48. The fourth-order valence-electron chi connectivity index (χ4n) is 5.34. The van der Waals surface area contributed by atoms with Gasteiger partial charge in [-0.3, -0.25) is 0 Å². The first-order valence-corrected chi connectivity index (χ1v) is 11.9. The highest BCUT2D eigenvalue weighted by molar-refractivity contribution is 6.01. The zero-order valence-electron chi connectivity index (χ0n) is 20.3. The van der Waals surface area contributed by atoms with Gasteiger partial charge in [-0.2, -0.15) is 0 Å². The molecule has 3 aromatic carbocycles. The quantitative estimate of drug-likeness (QED) is 0.305. The molecule has 0 unspecified atom stereocenters. The maximum absolute atomic E-state index is 2.45. The van der Waals surface area contributed by atoms with Crippen molar-refractivity contribution in [2.75, 3.05) is 0 Å². The molecule has 0 radical (unpaired) electrons. The minimum absolute atomic E-state index is 0.0904. The number of fused-ring (bicyclic) bond motifs is 3. The molecule has 5 rings (SSSR count). The van der Waals surface area contributed by atoms with Gasteiger partial charge in [0.2, 0.25) is 0 Å². The highest BCUT2D eigenvalue weighted by atomic mass is 14.3. The molecule has 162 valence electrons. The molecule has 0 spiro atoms. The first-order chi connectivity index (χ1) is 15.1. The van der Waals surface area contributed by atoms with Crippen LogP contribution in [-0.4, -0.2) is 0 Å². The van der Waals surface area contributed by atoms with Gasteiger partial charge in [0.1, 0.15) is 0 Å². The minimum Gasteiger partial charge on any atom is -0.0795 e. The van der Waals surface area contributed by atoms with Crippen molar-refractivity contribution in [1.29, 1.82) is 0 Å². The number of rotatable bonds is 2. The first kappa shape index (κ1) is 21.0. The lowest BCUT2D eigenvalue weighted by atomic mass is 9.77. The predicted octanol–water partition coefficient (Wildman–Crippen LogP) is 8.72. The van der Waals surface area contributed by atoms with E-state index in [0.717, 1.165) is 12.8 Å². The zero-order chi connectivity index (χ0) is 22.7. The summed E-state index contributed by atoms with van der Waals surface area (Å²) in [5, 5.41) is 0. The molecule has 0 saturated heterocycles. The van der Waals surface area contributed by atoms with Gasteiger partial charge in [0.15, 0.2) is 0 Å². The molecule has 0 N–H and O–H groups in total. The molecule has 0 bridgehead atoms. The zero-order valence-corrected chi connectivity index (χ0v) is 20.3. The predicted molar refractivity (Wildman–Crippen MR) is 139 cm³/mol. The average Bonchev–Trinajstić information content (AvgIpc) is 3.36. The minimum atomic E-state index is 0.0904. The monoisotopic (exact) mass is 418 g/mol. The number of benzene rings is 3. The van der Waals surface area contributed by atoms with Crippen LogP contribution in [0.4, 0.5) is 0 Å². The van der Waals surface area contributed by atoms with Crippen molar-refractivity contribution in [3.05, 3.63) is 106 Å². The fraction of sp³-hybridized carbons (Fsp3) is 0.312. The largest absolute Gasteiger partial charge is 0.0795 e. The topological polar surface area (TPSA) is 0 Å². The molecular weight excluding hydrogens is 384 g/mol. The SMILES string of the molecule is CC(C)(C)c1ccc2c(c1)Cc1c-2ccc(C(C)(C)C)c1C1=C(c2ccccc2)C=CC1. The number of allylic oxidation sites excluding steroid dienone is 4. The van der Waals surface area contributed by atoms with Crippen LogP contribution in [0.3, 0.4) is 0 Å². The summed E-state index contributed by atoms with van der Waals surface area (Å²) in [5.74, 6) is 0. The van der Waals surface area contributed by atoms with Crippen LogP contribution < -0.4 is 0 Å². The summed E-state index contributed by atoms with van der Waals surface area (Å²) in [5.41, 5.74) is 14.7. The Labute approximate surface area is 193 Å². The van der Waals surface area contributed by atoms with Crippen LogP contribution in [0.25, 0.3) is 22.3 Å². The van der Waals surface area contributed by atoms with Gasteiger partial charge < -0.3 is 0 Å². The maximum atomic E-state index is 2.45. The second kappa shape index (κ2) is 7.34. The average molecular weight is 419 g/mol. The lowest BCUT2D eigenvalue weighted by Gasteiger charge is -2.27. The molecular formula is C32H34. The van der Waals surface area contributed by atoms with Crippen LogP contribution in [0.1, 0.15) is 81.3 Å². The van der Waals surface area contributed by atoms with Crippen molar-refractivity contribution >= 4 is 11.1 Å². The summed E-state index contributed by atoms with van der Waals surface area (Å²) in [6.45, 7) is 14.0. The van der Waals surface area contributed by atoms with Gasteiger partial charge in [-0.05, 0) is 79.3 Å². The van der Waals surface area contributed by atoms with Gasteiger partial charge in [-0.1, -0.05) is 114 Å². The van der Waals surface area contributed by atoms with Crippen LogP contribution in [0, 0.1) is 0 Å². The molecule has 32 heavy (non-hydrogen) atoms. The Balaban J connectivity index is 1.74. The molecule has 0 heteroatoms. The van der Waals surface area contributed by atoms with Gasteiger partial charge in [0.05, 0.1) is 0 Å². The molecule has 0 aromatic heterocycles. The maximum Gasteiger partial charge on any atom is -0.000719 e. The Kier molecular flexibility index (Phi) is 4.82. The lowest BCUT2D eigenvalue weighted by Crippen LogP contribution is -2.15. The molecule has 2 aliphatic carbocycles. The number of hydrogen-bond donors (Lipinski definition) is 0. The molecule has 0 amide bonds. The number of hydrogen-bond acceptors (Lipinski definition) is 0. The van der Waals surface area contributed by atoms with E-state index in [4.69, 9.17) is 0 Å². The molecule has 0 saturated carbocycles. The van der Waals surface area contributed by atoms with E-state index in [9.17, 15) is 0 Å². The Morgan fingerprint density at radius 3 is 2.12 bits per heavy atom. The van der Waals surface area contributed by atoms with E-state index in [2.05, 4.69) is 114 Å². The Hall–Kier alpha value is -2.86. The van der Waals surface area contributed by atoms with Crippen molar-refractivity contribution in [3.63, 3.8) is 0 Å². The van der Waals surface area contributed by atoms with Crippen molar-refractivity contribution < 1.29 is 0 Å². The standard InChI is InChI=1S/C32H34/c1-31(2,3)23-15-16-25-22(19-23)20-28-26(25)17-18-29(32(4,5)6)30(28)27-14-10-13-24(27)21-11-8-7-9-12-21/h7-13,15-19H,14,20H2,1-6H3. The lowest BCUT2D eigenvalue weighted by molar-refractivity contribution is 0.588. The van der Waals surface area contributed by atoms with Gasteiger partial charge in [-0.25, -0.2) is 0 Å². The molecule has 3 aromatic rings. The van der Waals surface area contributed by atoms with Crippen LogP contribution in [0.15, 0.2) is 72.8 Å². The van der Waals surface area contributed by atoms with Crippen LogP contribution in [0.5, 0.6) is 0 Å². The van der Waals surface area contributed by atoms with Crippen LogP contribution in [0.2, 0.25) is 0 Å². The molecule has 0 fully saturated rings. The van der Waals surface area contributed by atoms with E-state index in [1.54, 1.807) is 0 Å². The third kappa shape index (κ3) is 3.47. The van der Waals surface area contributed by atoms with Crippen molar-refractivity contribution in [3.8, 4) is 11.1 Å². The van der Waals surface area contributed by atoms with Gasteiger partial charge >= 0.3 is 0 Å². The van der Waals surface area contributed by atoms with Gasteiger partial charge in [0.25, 0.3) is 0 Å². The van der Waals surface area contributed by atoms with Crippen molar-refractivity contribution in [2.45, 2.75) is 65.2 Å². The molecule has 0 aliphatic heterocycles. The van der Waals surface area contributed by atoms with E-state index in [1.807, 2.05) is 0 Å². The summed E-state index contributed by atoms with van der Waals surface area (Å²) in [4.78, 5) is 0. The van der Waals surface area contributed by atoms with Gasteiger partial charge in [0, 0.05) is 0 Å². The first-order valence-electron chi connectivity index (χ1n) is 11.9. The highest BCUT2D eigenvalue weighted by Gasteiger charge is 2.31. The second-order valence-electron chi connectivity index (χ2n) is 11.4. The van der Waals surface area contributed by atoms with Crippen LogP contribution in [-0.2, 0) is 17.3 Å². The van der Waals surface area contributed by atoms with Crippen molar-refractivity contribution in [2.24, 2.45) is 0 Å². The third-order valence-corrected chi connectivity index (χ3v) is 7.07. The molecule has 2 aliphatic rings. The van der Waals surface area contributed by atoms with Gasteiger partial charge in [-0.15, -0.1) is 0 Å². The van der Waals surface area contributed by atoms with Crippen molar-refractivity contribution in [1.82, 2.24) is 0 Å². The molecule has 0 atom stereocenters. The molecule has 0 heterocycles. The van der Waals surface area contributed by atoms with E-state index >= 15 is 0 Å².